The van der Waals surface area contributed by atoms with Gasteiger partial charge in [0.1, 0.15) is 5.69 Å². The van der Waals surface area contributed by atoms with Gasteiger partial charge in [0.25, 0.3) is 5.91 Å². The summed E-state index contributed by atoms with van der Waals surface area (Å²) < 4.78 is 0. The molecule has 1 atom stereocenters. The van der Waals surface area contributed by atoms with E-state index in [1.54, 1.807) is 0 Å². The van der Waals surface area contributed by atoms with Crippen molar-refractivity contribution in [2.24, 2.45) is 11.1 Å². The van der Waals surface area contributed by atoms with E-state index in [9.17, 15) is 4.79 Å². The number of hydrogen-bond acceptors (Lipinski definition) is 3. The molecule has 1 aliphatic heterocycles. The van der Waals surface area contributed by atoms with Crippen LogP contribution in [-0.2, 0) is 0 Å². The SMILES string of the molecule is Cc1cc(C(=O)N2CCC(N)C(C)(C)C2)nc2ccccc12.Cl.Cl. The van der Waals surface area contributed by atoms with Gasteiger partial charge in [0.05, 0.1) is 5.52 Å². The van der Waals surface area contributed by atoms with E-state index in [0.717, 1.165) is 22.9 Å². The summed E-state index contributed by atoms with van der Waals surface area (Å²) in [7, 11) is 0. The molecule has 1 aromatic carbocycles. The summed E-state index contributed by atoms with van der Waals surface area (Å²) in [5, 5.41) is 1.10. The molecule has 132 valence electrons. The number of aromatic nitrogens is 1. The number of piperidine rings is 1. The van der Waals surface area contributed by atoms with E-state index >= 15 is 0 Å². The van der Waals surface area contributed by atoms with Crippen molar-refractivity contribution in [3.05, 3.63) is 41.6 Å². The highest BCUT2D eigenvalue weighted by atomic mass is 35.5. The molecule has 1 aromatic heterocycles. The van der Waals surface area contributed by atoms with E-state index in [4.69, 9.17) is 5.73 Å². The lowest BCUT2D eigenvalue weighted by molar-refractivity contribution is 0.0527. The normalized spacial score (nSPS) is 19.3. The van der Waals surface area contributed by atoms with E-state index in [2.05, 4.69) is 18.8 Å². The number of carbonyl (C=O) groups excluding carboxylic acids is 1. The molecule has 2 heterocycles. The van der Waals surface area contributed by atoms with E-state index in [0.29, 0.717) is 18.8 Å². The number of nitrogens with zero attached hydrogens (tertiary/aromatic N) is 2. The largest absolute Gasteiger partial charge is 0.337 e. The zero-order chi connectivity index (χ0) is 15.9. The van der Waals surface area contributed by atoms with E-state index in [1.165, 1.54) is 0 Å². The Kier molecular flexibility index (Phi) is 6.62. The molecule has 0 bridgehead atoms. The van der Waals surface area contributed by atoms with Gasteiger partial charge in [0.15, 0.2) is 0 Å². The summed E-state index contributed by atoms with van der Waals surface area (Å²) in [6.45, 7) is 7.65. The van der Waals surface area contributed by atoms with Crippen LogP contribution in [0.5, 0.6) is 0 Å². The maximum Gasteiger partial charge on any atom is 0.272 e. The van der Waals surface area contributed by atoms with E-state index in [1.807, 2.05) is 42.2 Å². The van der Waals surface area contributed by atoms with E-state index in [-0.39, 0.29) is 42.2 Å². The van der Waals surface area contributed by atoms with Gasteiger partial charge < -0.3 is 10.6 Å². The third-order valence-electron chi connectivity index (χ3n) is 4.74. The minimum absolute atomic E-state index is 0. The predicted octanol–water partition coefficient (Wildman–Crippen LogP) is 3.59. The molecule has 24 heavy (non-hydrogen) atoms. The average Bonchev–Trinajstić information content (AvgIpc) is 2.49. The minimum atomic E-state index is -0.0558. The van der Waals surface area contributed by atoms with E-state index < -0.39 is 0 Å². The topological polar surface area (TPSA) is 59.2 Å². The first-order valence-electron chi connectivity index (χ1n) is 7.80. The Bertz CT molecular complexity index is 733. The van der Waals surface area contributed by atoms with Crippen molar-refractivity contribution < 1.29 is 4.79 Å². The lowest BCUT2D eigenvalue weighted by Crippen LogP contribution is -2.54. The average molecular weight is 370 g/mol. The fourth-order valence-electron chi connectivity index (χ4n) is 3.17. The number of fused-ring (bicyclic) bond motifs is 1. The minimum Gasteiger partial charge on any atom is -0.337 e. The lowest BCUT2D eigenvalue weighted by atomic mass is 9.79. The molecular formula is C18H25Cl2N3O. The summed E-state index contributed by atoms with van der Waals surface area (Å²) >= 11 is 0. The molecule has 1 unspecified atom stereocenters. The van der Waals surface area contributed by atoms with Crippen molar-refractivity contribution >= 4 is 41.6 Å². The number of aryl methyl sites for hydroxylation is 1. The highest BCUT2D eigenvalue weighted by Crippen LogP contribution is 2.29. The van der Waals surface area contributed by atoms with Crippen LogP contribution in [0.3, 0.4) is 0 Å². The van der Waals surface area contributed by atoms with Crippen LogP contribution < -0.4 is 5.73 Å². The van der Waals surface area contributed by atoms with Crippen molar-refractivity contribution in [1.82, 2.24) is 9.88 Å². The Labute approximate surface area is 155 Å². The van der Waals surface area contributed by atoms with Gasteiger partial charge in [-0.1, -0.05) is 32.0 Å². The number of pyridine rings is 1. The Morgan fingerprint density at radius 3 is 2.62 bits per heavy atom. The second-order valence-electron chi connectivity index (χ2n) is 6.95. The molecule has 0 spiro atoms. The van der Waals surface area contributed by atoms with Crippen LogP contribution >= 0.6 is 24.8 Å². The zero-order valence-corrected chi connectivity index (χ0v) is 15.9. The molecule has 3 rings (SSSR count). The zero-order valence-electron chi connectivity index (χ0n) is 14.3. The van der Waals surface area contributed by atoms with Crippen molar-refractivity contribution in [1.29, 1.82) is 0 Å². The molecule has 0 aliphatic carbocycles. The lowest BCUT2D eigenvalue weighted by Gasteiger charge is -2.42. The highest BCUT2D eigenvalue weighted by molar-refractivity contribution is 5.96. The highest BCUT2D eigenvalue weighted by Gasteiger charge is 2.35. The number of hydrogen-bond donors (Lipinski definition) is 1. The van der Waals surface area contributed by atoms with Crippen LogP contribution in [0.15, 0.2) is 30.3 Å². The third kappa shape index (κ3) is 3.82. The van der Waals surface area contributed by atoms with Crippen molar-refractivity contribution in [3.63, 3.8) is 0 Å². The molecular weight excluding hydrogens is 345 g/mol. The maximum absolute atomic E-state index is 12.8. The van der Waals surface area contributed by atoms with Gasteiger partial charge in [-0.25, -0.2) is 4.98 Å². The number of halogens is 2. The monoisotopic (exact) mass is 369 g/mol. The van der Waals surface area contributed by atoms with Gasteiger partial charge in [0.2, 0.25) is 0 Å². The quantitative estimate of drug-likeness (QED) is 0.835. The van der Waals surface area contributed by atoms with Gasteiger partial charge in [-0.3, -0.25) is 4.79 Å². The molecule has 4 nitrogen and oxygen atoms in total. The van der Waals surface area contributed by atoms with Crippen LogP contribution in [0.25, 0.3) is 10.9 Å². The molecule has 1 fully saturated rings. The van der Waals surface area contributed by atoms with Crippen LogP contribution in [0.2, 0.25) is 0 Å². The predicted molar refractivity (Wildman–Crippen MR) is 103 cm³/mol. The van der Waals surface area contributed by atoms with Crippen LogP contribution in [-0.4, -0.2) is 34.9 Å². The second-order valence-corrected chi connectivity index (χ2v) is 6.95. The maximum atomic E-state index is 12.8. The molecule has 1 saturated heterocycles. The standard InChI is InChI=1S/C18H23N3O.2ClH/c1-12-10-15(20-14-7-5-4-6-13(12)14)17(22)21-9-8-16(19)18(2,3)11-21;;/h4-7,10,16H,8-9,11,19H2,1-3H3;2*1H. The summed E-state index contributed by atoms with van der Waals surface area (Å²) in [6, 6.07) is 9.97. The summed E-state index contributed by atoms with van der Waals surface area (Å²) in [6.07, 6.45) is 0.839. The molecule has 2 aromatic rings. The van der Waals surface area contributed by atoms with Crippen molar-refractivity contribution in [2.75, 3.05) is 13.1 Å². The molecule has 1 aliphatic rings. The van der Waals surface area contributed by atoms with Gasteiger partial charge in [0, 0.05) is 24.5 Å². The van der Waals surface area contributed by atoms with Crippen molar-refractivity contribution in [2.45, 2.75) is 33.2 Å². The van der Waals surface area contributed by atoms with Crippen LogP contribution in [0, 0.1) is 12.3 Å². The van der Waals surface area contributed by atoms with Gasteiger partial charge in [-0.2, -0.15) is 0 Å². The van der Waals surface area contributed by atoms with Crippen LogP contribution in [0.1, 0.15) is 36.3 Å². The summed E-state index contributed by atoms with van der Waals surface area (Å²) in [4.78, 5) is 19.3. The number of amides is 1. The number of likely N-dealkylation sites (tertiary alicyclic amines) is 1. The smallest absolute Gasteiger partial charge is 0.272 e. The van der Waals surface area contributed by atoms with Crippen LogP contribution in [0.4, 0.5) is 0 Å². The number of para-hydroxylation sites is 1. The van der Waals surface area contributed by atoms with Crippen molar-refractivity contribution in [3.8, 4) is 0 Å². The first-order chi connectivity index (χ1) is 10.4. The number of carbonyl (C=O) groups is 1. The number of benzene rings is 1. The number of nitrogens with two attached hydrogens (primary N) is 1. The number of rotatable bonds is 1. The van der Waals surface area contributed by atoms with Gasteiger partial charge in [-0.15, -0.1) is 24.8 Å². The third-order valence-corrected chi connectivity index (χ3v) is 4.74. The molecule has 0 saturated carbocycles. The Balaban J connectivity index is 0.00000144. The molecule has 0 radical (unpaired) electrons. The molecule has 1 amide bonds. The fraction of sp³-hybridized carbons (Fsp3) is 0.444. The second kappa shape index (κ2) is 7.68. The first kappa shape index (κ1) is 20.7. The Morgan fingerprint density at radius 2 is 1.96 bits per heavy atom. The molecule has 6 heteroatoms. The Morgan fingerprint density at radius 1 is 1.29 bits per heavy atom. The van der Waals surface area contributed by atoms with Gasteiger partial charge >= 0.3 is 0 Å². The summed E-state index contributed by atoms with van der Waals surface area (Å²) in [5.74, 6) is 0.00817. The fourth-order valence-corrected chi connectivity index (χ4v) is 3.17. The first-order valence-corrected chi connectivity index (χ1v) is 7.80. The summed E-state index contributed by atoms with van der Waals surface area (Å²) in [5.41, 5.74) is 8.59. The molecule has 2 N–H and O–H groups in total. The van der Waals surface area contributed by atoms with Gasteiger partial charge in [-0.05, 0) is 36.5 Å². The Hall–Kier alpha value is -1.36.